The molecule has 0 saturated carbocycles. The minimum absolute atomic E-state index is 0.475. The number of nitrogens with zero attached hydrogens (tertiary/aromatic N) is 1. The molecule has 0 fully saturated rings. The zero-order chi connectivity index (χ0) is 14.4. The molecule has 1 aliphatic heterocycles. The van der Waals surface area contributed by atoms with Crippen LogP contribution in [0, 0.1) is 0 Å². The van der Waals surface area contributed by atoms with E-state index >= 15 is 0 Å². The quantitative estimate of drug-likeness (QED) is 0.898. The Kier molecular flexibility index (Phi) is 2.91. The highest BCUT2D eigenvalue weighted by molar-refractivity contribution is 5.65. The van der Waals surface area contributed by atoms with Crippen molar-refractivity contribution >= 4 is 11.4 Å². The first-order valence-electron chi connectivity index (χ1n) is 8.05. The molecule has 0 bridgehead atoms. The maximum Gasteiger partial charge on any atom is 0.0589 e. The van der Waals surface area contributed by atoms with Crippen LogP contribution in [0.5, 0.6) is 0 Å². The molecule has 1 heterocycles. The van der Waals surface area contributed by atoms with E-state index in [1.165, 1.54) is 34.5 Å². The van der Waals surface area contributed by atoms with Crippen molar-refractivity contribution in [2.45, 2.75) is 32.2 Å². The molecule has 2 nitrogen and oxygen atoms in total. The first-order chi connectivity index (χ1) is 10.3. The minimum Gasteiger partial charge on any atom is -0.377 e. The molecular formula is C19H22N2. The van der Waals surface area contributed by atoms with Gasteiger partial charge in [0.25, 0.3) is 0 Å². The Morgan fingerprint density at radius 1 is 1.05 bits per heavy atom. The van der Waals surface area contributed by atoms with Gasteiger partial charge in [0, 0.05) is 30.4 Å². The van der Waals surface area contributed by atoms with E-state index in [0.29, 0.717) is 12.0 Å². The SMILES string of the molecule is CCN(CC)c1ccc2c(c1)C[C@H]1c3ccccc3N[C@@H]21. The van der Waals surface area contributed by atoms with Gasteiger partial charge < -0.3 is 10.2 Å². The summed E-state index contributed by atoms with van der Waals surface area (Å²) < 4.78 is 0. The Labute approximate surface area is 126 Å². The Hall–Kier alpha value is -1.96. The minimum atomic E-state index is 0.475. The zero-order valence-electron chi connectivity index (χ0n) is 12.8. The third-order valence-corrected chi connectivity index (χ3v) is 5.10. The molecule has 2 aliphatic rings. The molecule has 1 N–H and O–H groups in total. The molecule has 2 aromatic carbocycles. The standard InChI is InChI=1S/C19H22N2/c1-3-21(4-2)14-9-10-15-13(11-14)12-17-16-7-5-6-8-18(16)20-19(15)17/h5-11,17,19-20H,3-4,12H2,1-2H3/t17-,19-/m0/s1. The Bertz CT molecular complexity index is 673. The van der Waals surface area contributed by atoms with Crippen molar-refractivity contribution in [3.8, 4) is 0 Å². The van der Waals surface area contributed by atoms with Gasteiger partial charge in [0.2, 0.25) is 0 Å². The third-order valence-electron chi connectivity index (χ3n) is 5.10. The normalized spacial score (nSPS) is 21.4. The van der Waals surface area contributed by atoms with Crippen molar-refractivity contribution < 1.29 is 0 Å². The summed E-state index contributed by atoms with van der Waals surface area (Å²) in [6, 6.07) is 16.3. The van der Waals surface area contributed by atoms with Crippen molar-refractivity contribution in [2.24, 2.45) is 0 Å². The number of anilines is 2. The van der Waals surface area contributed by atoms with Crippen molar-refractivity contribution in [2.75, 3.05) is 23.3 Å². The maximum atomic E-state index is 3.72. The molecule has 0 spiro atoms. The fourth-order valence-electron chi connectivity index (χ4n) is 4.02. The Morgan fingerprint density at radius 3 is 2.67 bits per heavy atom. The fourth-order valence-corrected chi connectivity index (χ4v) is 4.02. The topological polar surface area (TPSA) is 15.3 Å². The number of fused-ring (bicyclic) bond motifs is 5. The summed E-state index contributed by atoms with van der Waals surface area (Å²) in [5, 5.41) is 3.72. The predicted molar refractivity (Wildman–Crippen MR) is 89.3 cm³/mol. The molecule has 0 unspecified atom stereocenters. The summed E-state index contributed by atoms with van der Waals surface area (Å²) in [5.41, 5.74) is 7.20. The molecule has 0 radical (unpaired) electrons. The third kappa shape index (κ3) is 1.85. The molecule has 108 valence electrons. The number of para-hydroxylation sites is 1. The Balaban J connectivity index is 1.69. The van der Waals surface area contributed by atoms with Gasteiger partial charge in [-0.3, -0.25) is 0 Å². The van der Waals surface area contributed by atoms with Crippen LogP contribution in [0.2, 0.25) is 0 Å². The van der Waals surface area contributed by atoms with E-state index in [4.69, 9.17) is 0 Å². The van der Waals surface area contributed by atoms with Gasteiger partial charge in [0.1, 0.15) is 0 Å². The maximum absolute atomic E-state index is 3.72. The second-order valence-corrected chi connectivity index (χ2v) is 6.08. The summed E-state index contributed by atoms with van der Waals surface area (Å²) in [5.74, 6) is 0.614. The number of benzene rings is 2. The van der Waals surface area contributed by atoms with Crippen molar-refractivity contribution in [3.05, 3.63) is 59.2 Å². The molecule has 4 rings (SSSR count). The van der Waals surface area contributed by atoms with E-state index in [9.17, 15) is 0 Å². The van der Waals surface area contributed by atoms with E-state index in [-0.39, 0.29) is 0 Å². The average Bonchev–Trinajstić information content (AvgIpc) is 3.04. The summed E-state index contributed by atoms with van der Waals surface area (Å²) in [4.78, 5) is 2.43. The fraction of sp³-hybridized carbons (Fsp3) is 0.368. The van der Waals surface area contributed by atoms with Gasteiger partial charge in [0.15, 0.2) is 0 Å². The van der Waals surface area contributed by atoms with E-state index in [1.807, 2.05) is 0 Å². The lowest BCUT2D eigenvalue weighted by atomic mass is 9.96. The van der Waals surface area contributed by atoms with Gasteiger partial charge in [-0.1, -0.05) is 24.3 Å². The second-order valence-electron chi connectivity index (χ2n) is 6.08. The monoisotopic (exact) mass is 278 g/mol. The molecule has 0 saturated heterocycles. The van der Waals surface area contributed by atoms with E-state index in [0.717, 1.165) is 13.1 Å². The van der Waals surface area contributed by atoms with Crippen LogP contribution in [-0.4, -0.2) is 13.1 Å². The smallest absolute Gasteiger partial charge is 0.0589 e. The molecule has 0 amide bonds. The van der Waals surface area contributed by atoms with E-state index in [2.05, 4.69) is 66.5 Å². The first kappa shape index (κ1) is 12.8. The lowest BCUT2D eigenvalue weighted by Gasteiger charge is -2.22. The lowest BCUT2D eigenvalue weighted by Crippen LogP contribution is -2.21. The summed E-state index contributed by atoms with van der Waals surface area (Å²) in [6.45, 7) is 6.60. The van der Waals surface area contributed by atoms with Crippen LogP contribution in [0.15, 0.2) is 42.5 Å². The molecule has 21 heavy (non-hydrogen) atoms. The number of nitrogens with one attached hydrogen (secondary N) is 1. The molecule has 2 aromatic rings. The number of rotatable bonds is 3. The highest BCUT2D eigenvalue weighted by Crippen LogP contribution is 2.51. The van der Waals surface area contributed by atoms with Crippen molar-refractivity contribution in [1.29, 1.82) is 0 Å². The van der Waals surface area contributed by atoms with Gasteiger partial charge in [-0.05, 0) is 55.2 Å². The molecule has 1 aliphatic carbocycles. The van der Waals surface area contributed by atoms with Crippen LogP contribution in [-0.2, 0) is 6.42 Å². The van der Waals surface area contributed by atoms with Gasteiger partial charge in [0.05, 0.1) is 6.04 Å². The van der Waals surface area contributed by atoms with Crippen LogP contribution in [0.3, 0.4) is 0 Å². The molecule has 2 heteroatoms. The van der Waals surface area contributed by atoms with Gasteiger partial charge >= 0.3 is 0 Å². The number of hydrogen-bond acceptors (Lipinski definition) is 2. The average molecular weight is 278 g/mol. The summed E-state index contributed by atoms with van der Waals surface area (Å²) >= 11 is 0. The second kappa shape index (κ2) is 4.80. The molecule has 2 atom stereocenters. The molecule has 0 aromatic heterocycles. The summed E-state index contributed by atoms with van der Waals surface area (Å²) in [6.07, 6.45) is 1.17. The van der Waals surface area contributed by atoms with Gasteiger partial charge in [-0.25, -0.2) is 0 Å². The Morgan fingerprint density at radius 2 is 1.86 bits per heavy atom. The van der Waals surface area contributed by atoms with Crippen LogP contribution < -0.4 is 10.2 Å². The van der Waals surface area contributed by atoms with Crippen molar-refractivity contribution in [1.82, 2.24) is 0 Å². The van der Waals surface area contributed by atoms with Crippen LogP contribution in [0.1, 0.15) is 42.5 Å². The van der Waals surface area contributed by atoms with E-state index < -0.39 is 0 Å². The van der Waals surface area contributed by atoms with Crippen LogP contribution in [0.25, 0.3) is 0 Å². The van der Waals surface area contributed by atoms with Crippen molar-refractivity contribution in [3.63, 3.8) is 0 Å². The van der Waals surface area contributed by atoms with Crippen LogP contribution >= 0.6 is 0 Å². The predicted octanol–water partition coefficient (Wildman–Crippen LogP) is 4.34. The largest absolute Gasteiger partial charge is 0.377 e. The lowest BCUT2D eigenvalue weighted by molar-refractivity contribution is 0.677. The van der Waals surface area contributed by atoms with Crippen LogP contribution in [0.4, 0.5) is 11.4 Å². The van der Waals surface area contributed by atoms with Gasteiger partial charge in [-0.15, -0.1) is 0 Å². The highest BCUT2D eigenvalue weighted by Gasteiger charge is 2.39. The summed E-state index contributed by atoms with van der Waals surface area (Å²) in [7, 11) is 0. The number of hydrogen-bond donors (Lipinski definition) is 1. The zero-order valence-corrected chi connectivity index (χ0v) is 12.8. The molecular weight excluding hydrogens is 256 g/mol. The van der Waals surface area contributed by atoms with E-state index in [1.54, 1.807) is 0 Å². The van der Waals surface area contributed by atoms with Gasteiger partial charge in [-0.2, -0.15) is 0 Å². The highest BCUT2D eigenvalue weighted by atomic mass is 15.1. The first-order valence-corrected chi connectivity index (χ1v) is 8.05.